The molecule has 2 aliphatic heterocycles. The van der Waals surface area contributed by atoms with Crippen molar-refractivity contribution in [3.8, 4) is 6.07 Å². The molecule has 0 bridgehead atoms. The minimum Gasteiger partial charge on any atom is -0.377 e. The highest BCUT2D eigenvalue weighted by molar-refractivity contribution is 5.96. The highest BCUT2D eigenvalue weighted by Gasteiger charge is 2.25. The molecule has 1 amide bonds. The maximum atomic E-state index is 13.5. The van der Waals surface area contributed by atoms with Crippen LogP contribution in [0.4, 0.5) is 0 Å². The minimum atomic E-state index is 0.0992. The third kappa shape index (κ3) is 6.12. The van der Waals surface area contributed by atoms with Crippen LogP contribution in [0, 0.1) is 11.3 Å². The van der Waals surface area contributed by atoms with Crippen LogP contribution in [0.25, 0.3) is 5.57 Å². The number of hydrogen-bond acceptors (Lipinski definition) is 4. The summed E-state index contributed by atoms with van der Waals surface area (Å²) in [5.74, 6) is 0.525. The topological polar surface area (TPSA) is 65.7 Å². The van der Waals surface area contributed by atoms with Gasteiger partial charge in [0, 0.05) is 36.7 Å². The molecule has 0 unspecified atom stereocenters. The zero-order valence-electron chi connectivity index (χ0n) is 21.8. The van der Waals surface area contributed by atoms with Crippen LogP contribution in [0.2, 0.25) is 0 Å². The molecule has 0 aliphatic carbocycles. The molecule has 0 radical (unpaired) electrons. The zero-order chi connectivity index (χ0) is 25.5. The Morgan fingerprint density at radius 2 is 1.86 bits per heavy atom. The highest BCUT2D eigenvalue weighted by Crippen LogP contribution is 2.33. The van der Waals surface area contributed by atoms with Gasteiger partial charge in [0.1, 0.15) is 0 Å². The summed E-state index contributed by atoms with van der Waals surface area (Å²) in [5, 5.41) is 9.05. The van der Waals surface area contributed by atoms with E-state index in [1.807, 2.05) is 23.1 Å². The second-order valence-corrected chi connectivity index (χ2v) is 9.99. The average molecular weight is 484 g/mol. The smallest absolute Gasteiger partial charge is 0.253 e. The second kappa shape index (κ2) is 12.1. The molecule has 1 fully saturated rings. The maximum absolute atomic E-state index is 13.5. The van der Waals surface area contributed by atoms with Crippen LogP contribution in [0.15, 0.2) is 53.2 Å². The molecule has 0 N–H and O–H groups in total. The lowest BCUT2D eigenvalue weighted by Gasteiger charge is -2.32. The summed E-state index contributed by atoms with van der Waals surface area (Å²) in [7, 11) is 0. The number of likely N-dealkylation sites (tertiary alicyclic amines) is 1. The summed E-state index contributed by atoms with van der Waals surface area (Å²) >= 11 is 0. The summed E-state index contributed by atoms with van der Waals surface area (Å²) < 4.78 is 5.90. The third-order valence-electron chi connectivity index (χ3n) is 7.34. The molecule has 2 aromatic carbocycles. The molecule has 0 saturated carbocycles. The number of ether oxygens (including phenoxy) is 1. The standard InChI is InChI=1S/C31H37N3O2/c1-4-18-36-21-28-13-12-27(19-30(28)29-7-5-6-22(2)33-23(29)3)31(35)34-16-14-26(15-17-34)25-10-8-24(20-32)9-11-25/h8-13,19,26H,4-7,14-18,21H2,1-3H3. The normalized spacial score (nSPS) is 16.9. The number of rotatable bonds is 7. The predicted molar refractivity (Wildman–Crippen MR) is 145 cm³/mol. The van der Waals surface area contributed by atoms with Gasteiger partial charge in [-0.05, 0) is 105 Å². The van der Waals surface area contributed by atoms with E-state index in [2.05, 4.69) is 51.1 Å². The Morgan fingerprint density at radius 3 is 2.56 bits per heavy atom. The average Bonchev–Trinajstić information content (AvgIpc) is 3.08. The molecule has 188 valence electrons. The molecular formula is C31H37N3O2. The van der Waals surface area contributed by atoms with Crippen molar-refractivity contribution >= 4 is 17.2 Å². The molecule has 0 spiro atoms. The number of aliphatic imine (C=N–C) groups is 1. The van der Waals surface area contributed by atoms with Gasteiger partial charge in [-0.15, -0.1) is 0 Å². The van der Waals surface area contributed by atoms with Crippen LogP contribution in [-0.2, 0) is 11.3 Å². The Hall–Kier alpha value is -3.23. The second-order valence-electron chi connectivity index (χ2n) is 9.99. The van der Waals surface area contributed by atoms with Gasteiger partial charge in [-0.25, -0.2) is 0 Å². The number of carbonyl (C=O) groups excluding carboxylic acids is 1. The summed E-state index contributed by atoms with van der Waals surface area (Å²) in [6, 6.07) is 16.2. The minimum absolute atomic E-state index is 0.0992. The molecule has 1 saturated heterocycles. The molecule has 5 heteroatoms. The fourth-order valence-electron chi connectivity index (χ4n) is 5.31. The molecule has 36 heavy (non-hydrogen) atoms. The highest BCUT2D eigenvalue weighted by atomic mass is 16.5. The van der Waals surface area contributed by atoms with Crippen LogP contribution in [0.3, 0.4) is 0 Å². The molecular weight excluding hydrogens is 446 g/mol. The number of nitriles is 1. The van der Waals surface area contributed by atoms with E-state index in [4.69, 9.17) is 15.0 Å². The molecule has 5 nitrogen and oxygen atoms in total. The first-order chi connectivity index (χ1) is 17.5. The van der Waals surface area contributed by atoms with Gasteiger partial charge in [0.2, 0.25) is 0 Å². The molecule has 0 aromatic heterocycles. The third-order valence-corrected chi connectivity index (χ3v) is 7.34. The van der Waals surface area contributed by atoms with Crippen molar-refractivity contribution in [2.45, 2.75) is 71.8 Å². The summed E-state index contributed by atoms with van der Waals surface area (Å²) in [6.07, 6.45) is 5.89. The summed E-state index contributed by atoms with van der Waals surface area (Å²) in [5.41, 5.74) is 8.38. The van der Waals surface area contributed by atoms with Gasteiger partial charge in [0.15, 0.2) is 0 Å². The van der Waals surface area contributed by atoms with Crippen molar-refractivity contribution in [1.29, 1.82) is 5.26 Å². The SMILES string of the molecule is CCCOCc1ccc(C(=O)N2CCC(c3ccc(C#N)cc3)CC2)cc1C1=C(C)N=C(C)CCC1. The molecule has 4 rings (SSSR count). The lowest BCUT2D eigenvalue weighted by atomic mass is 9.88. The van der Waals surface area contributed by atoms with E-state index in [1.165, 1.54) is 16.8 Å². The Bertz CT molecular complexity index is 1180. The van der Waals surface area contributed by atoms with Crippen LogP contribution in [0.1, 0.15) is 97.8 Å². The van der Waals surface area contributed by atoms with Gasteiger partial charge in [0.25, 0.3) is 5.91 Å². The van der Waals surface area contributed by atoms with E-state index in [0.717, 1.165) is 80.6 Å². The van der Waals surface area contributed by atoms with Gasteiger partial charge >= 0.3 is 0 Å². The number of hydrogen-bond donors (Lipinski definition) is 0. The zero-order valence-corrected chi connectivity index (χ0v) is 21.8. The monoisotopic (exact) mass is 483 g/mol. The Kier molecular flexibility index (Phi) is 8.72. The fraction of sp³-hybridized carbons (Fsp3) is 0.452. The first kappa shape index (κ1) is 25.9. The lowest BCUT2D eigenvalue weighted by Crippen LogP contribution is -2.38. The number of nitrogens with zero attached hydrogens (tertiary/aromatic N) is 3. The van der Waals surface area contributed by atoms with Crippen molar-refractivity contribution in [1.82, 2.24) is 4.90 Å². The quantitative estimate of drug-likeness (QED) is 0.403. The summed E-state index contributed by atoms with van der Waals surface area (Å²) in [6.45, 7) is 9.05. The molecule has 0 atom stereocenters. The number of benzene rings is 2. The van der Waals surface area contributed by atoms with Crippen molar-refractivity contribution in [3.05, 3.63) is 76.0 Å². The van der Waals surface area contributed by atoms with Gasteiger partial charge in [-0.2, -0.15) is 5.26 Å². The van der Waals surface area contributed by atoms with Gasteiger partial charge in [-0.3, -0.25) is 9.79 Å². The van der Waals surface area contributed by atoms with Gasteiger partial charge < -0.3 is 9.64 Å². The molecule has 2 aliphatic rings. The number of amides is 1. The maximum Gasteiger partial charge on any atom is 0.253 e. The molecule has 2 heterocycles. The van der Waals surface area contributed by atoms with Crippen LogP contribution in [0.5, 0.6) is 0 Å². The summed E-state index contributed by atoms with van der Waals surface area (Å²) in [4.78, 5) is 20.4. The first-order valence-electron chi connectivity index (χ1n) is 13.2. The van der Waals surface area contributed by atoms with Crippen molar-refractivity contribution in [3.63, 3.8) is 0 Å². The Morgan fingerprint density at radius 1 is 1.11 bits per heavy atom. The Labute approximate surface area is 215 Å². The van der Waals surface area contributed by atoms with Gasteiger partial charge in [-0.1, -0.05) is 25.1 Å². The van der Waals surface area contributed by atoms with Crippen LogP contribution in [-0.4, -0.2) is 36.2 Å². The number of piperidine rings is 1. The van der Waals surface area contributed by atoms with Crippen molar-refractivity contribution < 1.29 is 9.53 Å². The van der Waals surface area contributed by atoms with Crippen molar-refractivity contribution in [2.24, 2.45) is 4.99 Å². The van der Waals surface area contributed by atoms with E-state index >= 15 is 0 Å². The first-order valence-corrected chi connectivity index (χ1v) is 13.2. The molecule has 2 aromatic rings. The Balaban J connectivity index is 1.53. The number of allylic oxidation sites excluding steroid dienone is 2. The predicted octanol–water partition coefficient (Wildman–Crippen LogP) is 6.88. The number of carbonyl (C=O) groups is 1. The van der Waals surface area contributed by atoms with E-state index < -0.39 is 0 Å². The van der Waals surface area contributed by atoms with Crippen LogP contribution < -0.4 is 0 Å². The van der Waals surface area contributed by atoms with Crippen LogP contribution >= 0.6 is 0 Å². The largest absolute Gasteiger partial charge is 0.377 e. The van der Waals surface area contributed by atoms with E-state index in [-0.39, 0.29) is 5.91 Å². The van der Waals surface area contributed by atoms with Gasteiger partial charge in [0.05, 0.1) is 18.2 Å². The lowest BCUT2D eigenvalue weighted by molar-refractivity contribution is 0.0712. The van der Waals surface area contributed by atoms with E-state index in [0.29, 0.717) is 18.1 Å². The van der Waals surface area contributed by atoms with Crippen molar-refractivity contribution in [2.75, 3.05) is 19.7 Å². The van der Waals surface area contributed by atoms with E-state index in [1.54, 1.807) is 0 Å². The van der Waals surface area contributed by atoms with E-state index in [9.17, 15) is 4.79 Å². The fourth-order valence-corrected chi connectivity index (χ4v) is 5.31.